The minimum Gasteiger partial charge on any atom is -0.481 e. The summed E-state index contributed by atoms with van der Waals surface area (Å²) in [6.07, 6.45) is -0.665. The first-order valence-electron chi connectivity index (χ1n) is 10.4. The van der Waals surface area contributed by atoms with E-state index in [4.69, 9.17) is 9.47 Å². The van der Waals surface area contributed by atoms with Crippen molar-refractivity contribution in [2.24, 2.45) is 0 Å². The van der Waals surface area contributed by atoms with Crippen molar-refractivity contribution >= 4 is 17.8 Å². The molecule has 0 saturated carbocycles. The Morgan fingerprint density at radius 2 is 1.69 bits per heavy atom. The molecule has 1 amide bonds. The van der Waals surface area contributed by atoms with E-state index in [1.807, 2.05) is 32.0 Å². The number of carbonyl (C=O) groups excluding carboxylic acids is 2. The highest BCUT2D eigenvalue weighted by Crippen LogP contribution is 2.18. The molecule has 0 aliphatic heterocycles. The lowest BCUT2D eigenvalue weighted by Crippen LogP contribution is -2.36. The molecule has 0 aromatic heterocycles. The normalized spacial score (nSPS) is 12.2. The highest BCUT2D eigenvalue weighted by Gasteiger charge is 2.23. The summed E-state index contributed by atoms with van der Waals surface area (Å²) in [6.45, 7) is 9.17. The van der Waals surface area contributed by atoms with Gasteiger partial charge in [-0.25, -0.2) is 4.79 Å². The number of Topliss-reactive ketones (excluding diaryl/α,β-unsaturated/α-hetero) is 1. The monoisotopic (exact) mass is 441 g/mol. The van der Waals surface area contributed by atoms with Gasteiger partial charge in [0, 0.05) is 12.1 Å². The summed E-state index contributed by atoms with van der Waals surface area (Å²) in [5.74, 6) is -2.05. The van der Waals surface area contributed by atoms with Gasteiger partial charge in [0.1, 0.15) is 12.2 Å². The molecule has 0 aliphatic rings. The van der Waals surface area contributed by atoms with E-state index in [1.165, 1.54) is 0 Å². The van der Waals surface area contributed by atoms with Gasteiger partial charge in [0.05, 0.1) is 12.5 Å². The van der Waals surface area contributed by atoms with Crippen molar-refractivity contribution in [1.29, 1.82) is 0 Å². The summed E-state index contributed by atoms with van der Waals surface area (Å²) < 4.78 is 10.7. The number of ether oxygens (including phenoxy) is 2. The molecule has 7 nitrogen and oxygen atoms in total. The molecule has 0 spiro atoms. The number of rotatable bonds is 9. The zero-order valence-corrected chi connectivity index (χ0v) is 19.2. The average molecular weight is 442 g/mol. The topological polar surface area (TPSA) is 102 Å². The Morgan fingerprint density at radius 3 is 2.25 bits per heavy atom. The van der Waals surface area contributed by atoms with Gasteiger partial charge in [0.15, 0.2) is 5.78 Å². The maximum Gasteiger partial charge on any atom is 0.407 e. The number of ketones is 1. The molecule has 0 aliphatic carbocycles. The summed E-state index contributed by atoms with van der Waals surface area (Å²) in [5, 5.41) is 12.0. The largest absolute Gasteiger partial charge is 0.481 e. The smallest absolute Gasteiger partial charge is 0.407 e. The Labute approximate surface area is 188 Å². The van der Waals surface area contributed by atoms with Crippen molar-refractivity contribution in [1.82, 2.24) is 5.32 Å². The first-order chi connectivity index (χ1) is 15.0. The third kappa shape index (κ3) is 7.81. The number of carboxylic acid groups (broad SMARTS) is 1. The Balaban J connectivity index is 1.90. The van der Waals surface area contributed by atoms with Crippen LogP contribution in [0.15, 0.2) is 42.5 Å². The Bertz CT molecular complexity index is 959. The van der Waals surface area contributed by atoms with Gasteiger partial charge < -0.3 is 19.9 Å². The van der Waals surface area contributed by atoms with Gasteiger partial charge in [0.2, 0.25) is 0 Å². The summed E-state index contributed by atoms with van der Waals surface area (Å²) in [5.41, 5.74) is 3.36. The van der Waals surface area contributed by atoms with E-state index >= 15 is 0 Å². The second-order valence-corrected chi connectivity index (χ2v) is 8.75. The third-order valence-electron chi connectivity index (χ3n) is 4.71. The summed E-state index contributed by atoms with van der Waals surface area (Å²) >= 11 is 0. The van der Waals surface area contributed by atoms with Crippen molar-refractivity contribution in [3.8, 4) is 0 Å². The van der Waals surface area contributed by atoms with Gasteiger partial charge in [-0.2, -0.15) is 0 Å². The number of carbonyl (C=O) groups is 3. The molecular formula is C25H31NO6. The minimum atomic E-state index is -1.05. The SMILES string of the molecule is Cc1ccc(C(=O)COCc2ccc([C@@H](CNC(=O)OC(C)(C)C)C(=O)O)cc2)c(C)c1. The van der Waals surface area contributed by atoms with Crippen LogP contribution in [0.4, 0.5) is 4.79 Å². The van der Waals surface area contributed by atoms with E-state index in [-0.39, 0.29) is 25.5 Å². The first-order valence-corrected chi connectivity index (χ1v) is 10.4. The lowest BCUT2D eigenvalue weighted by molar-refractivity contribution is -0.138. The van der Waals surface area contributed by atoms with Gasteiger partial charge in [-0.15, -0.1) is 0 Å². The molecule has 0 radical (unpaired) electrons. The maximum atomic E-state index is 12.4. The number of carboxylic acids is 1. The average Bonchev–Trinajstić information content (AvgIpc) is 2.67. The second kappa shape index (κ2) is 10.9. The van der Waals surface area contributed by atoms with Crippen LogP contribution in [0.2, 0.25) is 0 Å². The van der Waals surface area contributed by atoms with Crippen LogP contribution in [-0.4, -0.2) is 41.7 Å². The molecular weight excluding hydrogens is 410 g/mol. The number of nitrogens with one attached hydrogen (secondary N) is 1. The minimum absolute atomic E-state index is 0.0385. The van der Waals surface area contributed by atoms with E-state index in [1.54, 1.807) is 45.0 Å². The number of aliphatic carboxylic acids is 1. The van der Waals surface area contributed by atoms with E-state index < -0.39 is 23.6 Å². The number of benzene rings is 2. The molecule has 0 unspecified atom stereocenters. The van der Waals surface area contributed by atoms with Crippen molar-refractivity contribution in [3.63, 3.8) is 0 Å². The molecule has 0 saturated heterocycles. The molecule has 2 aromatic rings. The maximum absolute atomic E-state index is 12.4. The Morgan fingerprint density at radius 1 is 1.03 bits per heavy atom. The van der Waals surface area contributed by atoms with Crippen molar-refractivity contribution < 1.29 is 29.0 Å². The molecule has 7 heteroatoms. The van der Waals surface area contributed by atoms with Gasteiger partial charge in [-0.1, -0.05) is 48.0 Å². The summed E-state index contributed by atoms with van der Waals surface area (Å²) in [4.78, 5) is 35.8. The molecule has 32 heavy (non-hydrogen) atoms. The lowest BCUT2D eigenvalue weighted by atomic mass is 9.98. The van der Waals surface area contributed by atoms with Crippen molar-refractivity contribution in [2.75, 3.05) is 13.2 Å². The molecule has 1 atom stereocenters. The predicted octanol–water partition coefficient (Wildman–Crippen LogP) is 4.40. The zero-order chi connectivity index (χ0) is 23.9. The lowest BCUT2D eigenvalue weighted by Gasteiger charge is -2.21. The van der Waals surface area contributed by atoms with Crippen LogP contribution in [-0.2, 0) is 20.9 Å². The van der Waals surface area contributed by atoms with Gasteiger partial charge in [-0.05, 0) is 51.3 Å². The molecule has 172 valence electrons. The predicted molar refractivity (Wildman–Crippen MR) is 121 cm³/mol. The molecule has 0 fully saturated rings. The van der Waals surface area contributed by atoms with Crippen LogP contribution in [0, 0.1) is 13.8 Å². The van der Waals surface area contributed by atoms with Crippen LogP contribution < -0.4 is 5.32 Å². The zero-order valence-electron chi connectivity index (χ0n) is 19.2. The first kappa shape index (κ1) is 25.1. The Kier molecular flexibility index (Phi) is 8.55. The highest BCUT2D eigenvalue weighted by atomic mass is 16.6. The van der Waals surface area contributed by atoms with Gasteiger partial charge in [-0.3, -0.25) is 9.59 Å². The molecule has 2 N–H and O–H groups in total. The van der Waals surface area contributed by atoms with Crippen LogP contribution in [0.1, 0.15) is 59.3 Å². The highest BCUT2D eigenvalue weighted by molar-refractivity contribution is 5.98. The van der Waals surface area contributed by atoms with Gasteiger partial charge in [0.25, 0.3) is 0 Å². The molecule has 2 rings (SSSR count). The fourth-order valence-corrected chi connectivity index (χ4v) is 3.16. The quantitative estimate of drug-likeness (QED) is 0.560. The summed E-state index contributed by atoms with van der Waals surface area (Å²) in [6, 6.07) is 12.5. The standard InChI is InChI=1S/C25H31NO6/c1-16-6-11-20(17(2)12-16)22(27)15-31-14-18-7-9-19(10-8-18)21(23(28)29)13-26-24(30)32-25(3,4)5/h6-12,21H,13-15H2,1-5H3,(H,26,30)(H,28,29)/t21-/m1/s1. The fourth-order valence-electron chi connectivity index (χ4n) is 3.16. The molecule has 0 heterocycles. The van der Waals surface area contributed by atoms with E-state index in [2.05, 4.69) is 5.32 Å². The number of amides is 1. The fraction of sp³-hybridized carbons (Fsp3) is 0.400. The second-order valence-electron chi connectivity index (χ2n) is 8.75. The number of alkyl carbamates (subject to hydrolysis) is 1. The van der Waals surface area contributed by atoms with Crippen molar-refractivity contribution in [3.05, 3.63) is 70.3 Å². The van der Waals surface area contributed by atoms with E-state index in [0.29, 0.717) is 11.1 Å². The van der Waals surface area contributed by atoms with Crippen LogP contribution in [0.5, 0.6) is 0 Å². The summed E-state index contributed by atoms with van der Waals surface area (Å²) in [7, 11) is 0. The molecule has 2 aromatic carbocycles. The van der Waals surface area contributed by atoms with Crippen LogP contribution in [0.25, 0.3) is 0 Å². The van der Waals surface area contributed by atoms with Crippen LogP contribution in [0.3, 0.4) is 0 Å². The van der Waals surface area contributed by atoms with E-state index in [9.17, 15) is 19.5 Å². The van der Waals surface area contributed by atoms with Gasteiger partial charge >= 0.3 is 12.1 Å². The number of hydrogen-bond donors (Lipinski definition) is 2. The Hall–Kier alpha value is -3.19. The van der Waals surface area contributed by atoms with E-state index in [0.717, 1.165) is 16.7 Å². The number of aryl methyl sites for hydroxylation is 2. The molecule has 0 bridgehead atoms. The third-order valence-corrected chi connectivity index (χ3v) is 4.71. The number of hydrogen-bond acceptors (Lipinski definition) is 5. The van der Waals surface area contributed by atoms with Crippen LogP contribution >= 0.6 is 0 Å². The van der Waals surface area contributed by atoms with Crippen molar-refractivity contribution in [2.45, 2.75) is 52.7 Å².